The second-order valence-corrected chi connectivity index (χ2v) is 5.91. The van der Waals surface area contributed by atoms with Gasteiger partial charge >= 0.3 is 5.97 Å². The molecule has 1 aliphatic carbocycles. The molecule has 0 amide bonds. The summed E-state index contributed by atoms with van der Waals surface area (Å²) < 4.78 is 16.9. The number of hydrogen-bond acceptors (Lipinski definition) is 4. The summed E-state index contributed by atoms with van der Waals surface area (Å²) in [5.41, 5.74) is -0.353. The summed E-state index contributed by atoms with van der Waals surface area (Å²) in [6.45, 7) is 11.5. The molecule has 2 aliphatic rings. The Hall–Kier alpha value is -0.870. The lowest BCUT2D eigenvalue weighted by Crippen LogP contribution is -2.51. The number of rotatable bonds is 3. The summed E-state index contributed by atoms with van der Waals surface area (Å²) in [5.74, 6) is -0.701. The Morgan fingerprint density at radius 3 is 2.63 bits per heavy atom. The molecule has 4 nitrogen and oxygen atoms in total. The summed E-state index contributed by atoms with van der Waals surface area (Å²) in [6, 6.07) is 0. The van der Waals surface area contributed by atoms with Crippen LogP contribution in [0.3, 0.4) is 0 Å². The molecule has 2 fully saturated rings. The summed E-state index contributed by atoms with van der Waals surface area (Å²) in [6.07, 6.45) is 3.26. The van der Waals surface area contributed by atoms with E-state index in [1.807, 2.05) is 19.9 Å². The third-order valence-electron chi connectivity index (χ3n) is 4.38. The third-order valence-corrected chi connectivity index (χ3v) is 4.38. The van der Waals surface area contributed by atoms with Crippen LogP contribution in [0.1, 0.15) is 33.6 Å². The number of carbonyl (C=O) groups excluding carboxylic acids is 1. The number of esters is 1. The van der Waals surface area contributed by atoms with Gasteiger partial charge in [0.25, 0.3) is 0 Å². The average Bonchev–Trinajstić information content (AvgIpc) is 2.76. The topological polar surface area (TPSA) is 44.8 Å². The first-order valence-corrected chi connectivity index (χ1v) is 7.04. The van der Waals surface area contributed by atoms with Gasteiger partial charge in [0.05, 0.1) is 25.7 Å². The Kier molecular flexibility index (Phi) is 4.02. The molecule has 1 heterocycles. The van der Waals surface area contributed by atoms with Crippen molar-refractivity contribution in [2.75, 3.05) is 19.8 Å². The maximum absolute atomic E-state index is 12.2. The van der Waals surface area contributed by atoms with Crippen LogP contribution < -0.4 is 0 Å². The van der Waals surface area contributed by atoms with E-state index in [-0.39, 0.29) is 23.2 Å². The molecule has 0 aromatic heterocycles. The van der Waals surface area contributed by atoms with Gasteiger partial charge in [0.2, 0.25) is 0 Å². The molecule has 1 saturated carbocycles. The van der Waals surface area contributed by atoms with Crippen LogP contribution in [0.15, 0.2) is 12.7 Å². The van der Waals surface area contributed by atoms with Crippen molar-refractivity contribution in [1.29, 1.82) is 0 Å². The highest BCUT2D eigenvalue weighted by molar-refractivity contribution is 5.74. The Morgan fingerprint density at radius 1 is 1.47 bits per heavy atom. The molecule has 1 aliphatic heterocycles. The molecule has 108 valence electrons. The minimum absolute atomic E-state index is 0.134. The highest BCUT2D eigenvalue weighted by atomic mass is 16.7. The zero-order chi connectivity index (χ0) is 14.1. The molecule has 0 aromatic carbocycles. The molecule has 0 aromatic rings. The standard InChI is InChI=1S/C15H24O4/c1-5-14(4)10-15(18-7-8-19-15)9-11(3)12(14)13(16)17-6-2/h5,11-12H,1,6-10H2,2-4H3/t11-,12+,14-/m1/s1. The van der Waals surface area contributed by atoms with E-state index in [0.29, 0.717) is 26.2 Å². The van der Waals surface area contributed by atoms with Crippen molar-refractivity contribution < 1.29 is 19.0 Å². The number of ether oxygens (including phenoxy) is 3. The molecule has 1 saturated heterocycles. The highest BCUT2D eigenvalue weighted by Gasteiger charge is 2.55. The molecular formula is C15H24O4. The van der Waals surface area contributed by atoms with Crippen LogP contribution in [0.2, 0.25) is 0 Å². The molecule has 19 heavy (non-hydrogen) atoms. The predicted octanol–water partition coefficient (Wildman–Crippen LogP) is 2.53. The molecule has 0 radical (unpaired) electrons. The van der Waals surface area contributed by atoms with Gasteiger partial charge in [0.1, 0.15) is 0 Å². The first-order valence-electron chi connectivity index (χ1n) is 7.04. The van der Waals surface area contributed by atoms with Crippen LogP contribution >= 0.6 is 0 Å². The van der Waals surface area contributed by atoms with Crippen LogP contribution in [-0.2, 0) is 19.0 Å². The van der Waals surface area contributed by atoms with Crippen LogP contribution in [0.4, 0.5) is 0 Å². The van der Waals surface area contributed by atoms with Crippen LogP contribution in [0.5, 0.6) is 0 Å². The van der Waals surface area contributed by atoms with E-state index in [1.54, 1.807) is 0 Å². The predicted molar refractivity (Wildman–Crippen MR) is 71.5 cm³/mol. The zero-order valence-electron chi connectivity index (χ0n) is 12.1. The van der Waals surface area contributed by atoms with Gasteiger partial charge in [-0.1, -0.05) is 19.9 Å². The summed E-state index contributed by atoms with van der Waals surface area (Å²) in [7, 11) is 0. The van der Waals surface area contributed by atoms with E-state index in [4.69, 9.17) is 14.2 Å². The lowest BCUT2D eigenvalue weighted by molar-refractivity contribution is -0.220. The molecule has 4 heteroatoms. The van der Waals surface area contributed by atoms with Gasteiger partial charge in [-0.2, -0.15) is 0 Å². The fourth-order valence-electron chi connectivity index (χ4n) is 3.67. The molecule has 0 bridgehead atoms. The largest absolute Gasteiger partial charge is 0.466 e. The smallest absolute Gasteiger partial charge is 0.310 e. The molecule has 1 spiro atoms. The maximum atomic E-state index is 12.2. The van der Waals surface area contributed by atoms with Crippen LogP contribution in [0.25, 0.3) is 0 Å². The van der Waals surface area contributed by atoms with Crippen molar-refractivity contribution >= 4 is 5.97 Å². The number of hydrogen-bond donors (Lipinski definition) is 0. The average molecular weight is 268 g/mol. The van der Waals surface area contributed by atoms with E-state index in [2.05, 4.69) is 13.5 Å². The van der Waals surface area contributed by atoms with Crippen molar-refractivity contribution in [1.82, 2.24) is 0 Å². The normalized spacial score (nSPS) is 37.2. The van der Waals surface area contributed by atoms with E-state index in [9.17, 15) is 4.79 Å². The molecule has 0 unspecified atom stereocenters. The Balaban J connectivity index is 2.25. The highest BCUT2D eigenvalue weighted by Crippen LogP contribution is 2.52. The SMILES string of the molecule is C=C[C@]1(C)CC2(C[C@@H](C)[C@H]1C(=O)OCC)OCCO2. The lowest BCUT2D eigenvalue weighted by atomic mass is 9.61. The van der Waals surface area contributed by atoms with Gasteiger partial charge in [-0.05, 0) is 12.8 Å². The zero-order valence-corrected chi connectivity index (χ0v) is 12.1. The summed E-state index contributed by atoms with van der Waals surface area (Å²) >= 11 is 0. The van der Waals surface area contributed by atoms with Gasteiger partial charge in [-0.15, -0.1) is 6.58 Å². The Morgan fingerprint density at radius 2 is 2.11 bits per heavy atom. The Labute approximate surface area is 115 Å². The second-order valence-electron chi connectivity index (χ2n) is 5.91. The van der Waals surface area contributed by atoms with Gasteiger partial charge in [0.15, 0.2) is 5.79 Å². The minimum Gasteiger partial charge on any atom is -0.466 e. The van der Waals surface area contributed by atoms with E-state index in [1.165, 1.54) is 0 Å². The minimum atomic E-state index is -0.536. The maximum Gasteiger partial charge on any atom is 0.310 e. The van der Waals surface area contributed by atoms with Gasteiger partial charge < -0.3 is 14.2 Å². The van der Waals surface area contributed by atoms with Crippen molar-refractivity contribution in [3.63, 3.8) is 0 Å². The third kappa shape index (κ3) is 2.56. The summed E-state index contributed by atoms with van der Waals surface area (Å²) in [5, 5.41) is 0. The fourth-order valence-corrected chi connectivity index (χ4v) is 3.67. The van der Waals surface area contributed by atoms with Crippen molar-refractivity contribution in [3.05, 3.63) is 12.7 Å². The van der Waals surface area contributed by atoms with E-state index < -0.39 is 5.79 Å². The molecule has 2 rings (SSSR count). The monoisotopic (exact) mass is 268 g/mol. The van der Waals surface area contributed by atoms with Gasteiger partial charge in [0, 0.05) is 18.3 Å². The van der Waals surface area contributed by atoms with E-state index >= 15 is 0 Å². The first kappa shape index (κ1) is 14.5. The first-order chi connectivity index (χ1) is 8.96. The quantitative estimate of drug-likeness (QED) is 0.583. The number of allylic oxidation sites excluding steroid dienone is 1. The fraction of sp³-hybridized carbons (Fsp3) is 0.800. The molecular weight excluding hydrogens is 244 g/mol. The Bertz CT molecular complexity index is 359. The van der Waals surface area contributed by atoms with Gasteiger partial charge in [-0.25, -0.2) is 0 Å². The summed E-state index contributed by atoms with van der Waals surface area (Å²) in [4.78, 5) is 12.2. The second kappa shape index (κ2) is 5.25. The van der Waals surface area contributed by atoms with Crippen LogP contribution in [0, 0.1) is 17.3 Å². The van der Waals surface area contributed by atoms with E-state index in [0.717, 1.165) is 6.42 Å². The number of carbonyl (C=O) groups is 1. The molecule has 3 atom stereocenters. The van der Waals surface area contributed by atoms with Gasteiger partial charge in [-0.3, -0.25) is 4.79 Å². The van der Waals surface area contributed by atoms with Crippen molar-refractivity contribution in [3.8, 4) is 0 Å². The lowest BCUT2D eigenvalue weighted by Gasteiger charge is -2.48. The molecule has 0 N–H and O–H groups in total. The van der Waals surface area contributed by atoms with Crippen LogP contribution in [-0.4, -0.2) is 31.6 Å². The van der Waals surface area contributed by atoms with Crippen molar-refractivity contribution in [2.24, 2.45) is 17.3 Å². The van der Waals surface area contributed by atoms with Crippen molar-refractivity contribution in [2.45, 2.75) is 39.4 Å².